The van der Waals surface area contributed by atoms with E-state index >= 15 is 0 Å². The highest BCUT2D eigenvalue weighted by molar-refractivity contribution is 6.14. The number of amidine groups is 1. The van der Waals surface area contributed by atoms with Crippen LogP contribution >= 0.6 is 0 Å². The van der Waals surface area contributed by atoms with Crippen molar-refractivity contribution in [1.29, 1.82) is 0 Å². The average Bonchev–Trinajstić information content (AvgIpc) is 4.11. The molecule has 2 aliphatic carbocycles. The fraction of sp³-hybridized carbons (Fsp3) is 0.333. The molecule has 1 atom stereocenters. The van der Waals surface area contributed by atoms with Crippen molar-refractivity contribution in [3.05, 3.63) is 101 Å². The molecule has 0 spiro atoms. The smallest absolute Gasteiger partial charge is 0.277 e. The predicted molar refractivity (Wildman–Crippen MR) is 260 cm³/mol. The van der Waals surface area contributed by atoms with Crippen molar-refractivity contribution in [2.75, 3.05) is 64.6 Å². The minimum atomic E-state index is -0.300. The number of nitrogens with two attached hydrogens (primary N) is 2. The van der Waals surface area contributed by atoms with Crippen molar-refractivity contribution in [2.45, 2.75) is 57.6 Å². The molecular formula is C51H54N13O+. The first kappa shape index (κ1) is 39.7. The monoisotopic (exact) mass is 864 g/mol. The zero-order valence-corrected chi connectivity index (χ0v) is 37.3. The van der Waals surface area contributed by atoms with E-state index < -0.39 is 0 Å². The van der Waals surface area contributed by atoms with Crippen LogP contribution in [0.15, 0.2) is 73.1 Å². The maximum atomic E-state index is 6.92. The molecular weight excluding hydrogens is 811 g/mol. The molecule has 65 heavy (non-hydrogen) atoms. The van der Waals surface area contributed by atoms with E-state index in [1.807, 2.05) is 24.0 Å². The summed E-state index contributed by atoms with van der Waals surface area (Å²) in [6.07, 6.45) is 12.2. The maximum absolute atomic E-state index is 6.92. The first-order valence-corrected chi connectivity index (χ1v) is 23.1. The highest BCUT2D eigenvalue weighted by Gasteiger charge is 2.30. The number of hydrogen-bond acceptors (Lipinski definition) is 9. The number of nitrogens with one attached hydrogen (secondary N) is 2. The number of nitrogens with zero attached hydrogens (tertiary/aromatic N) is 9. The predicted octanol–water partition coefficient (Wildman–Crippen LogP) is 7.50. The van der Waals surface area contributed by atoms with Gasteiger partial charge in [0.1, 0.15) is 0 Å². The summed E-state index contributed by atoms with van der Waals surface area (Å²) in [7, 11) is 6.19. The van der Waals surface area contributed by atoms with E-state index in [-0.39, 0.29) is 6.23 Å². The van der Waals surface area contributed by atoms with Crippen LogP contribution in [0.5, 0.6) is 0 Å². The van der Waals surface area contributed by atoms with Gasteiger partial charge in [0.05, 0.1) is 82.9 Å². The second-order valence-electron chi connectivity index (χ2n) is 18.5. The Labute approximate surface area is 376 Å². The van der Waals surface area contributed by atoms with E-state index in [0.29, 0.717) is 24.7 Å². The van der Waals surface area contributed by atoms with Crippen LogP contribution in [0.4, 0.5) is 11.5 Å². The number of anilines is 2. The van der Waals surface area contributed by atoms with Gasteiger partial charge < -0.3 is 20.3 Å². The number of ether oxygens (including phenoxy) is 1. The van der Waals surface area contributed by atoms with Crippen LogP contribution in [0.3, 0.4) is 0 Å². The van der Waals surface area contributed by atoms with E-state index in [4.69, 9.17) is 36.4 Å². The summed E-state index contributed by atoms with van der Waals surface area (Å²) in [5.74, 6) is 1.63. The lowest BCUT2D eigenvalue weighted by atomic mass is 9.84. The number of aromatic amines is 2. The van der Waals surface area contributed by atoms with Crippen LogP contribution in [0.25, 0.3) is 77.0 Å². The summed E-state index contributed by atoms with van der Waals surface area (Å²) in [5, 5.41) is 26.4. The van der Waals surface area contributed by atoms with Gasteiger partial charge in [0.2, 0.25) is 0 Å². The number of fused-ring (bicyclic) bond motifs is 10. The minimum Gasteiger partial charge on any atom is -0.398 e. The number of rotatable bonds is 8. The summed E-state index contributed by atoms with van der Waals surface area (Å²) < 4.78 is 10.6. The topological polar surface area (TPSA) is 172 Å². The molecule has 6 N–H and O–H groups in total. The molecule has 0 bridgehead atoms. The van der Waals surface area contributed by atoms with Gasteiger partial charge in [-0.05, 0) is 136 Å². The molecule has 328 valence electrons. The van der Waals surface area contributed by atoms with E-state index in [1.165, 1.54) is 27.6 Å². The number of benzene rings is 4. The SMILES string of the molecule is CN(C)CC[N+](C)=C(N)c1c(N)ccc2nc(-c3ccc4nn(C5CN(c6n[nH]c7ccc8nc(-c9ccc%10[nH]ncc%10c9)c9c(c8c67)CCCC9)CCO5)cc4c3)c3c(c12)CCCC3. The van der Waals surface area contributed by atoms with Crippen molar-refractivity contribution in [3.63, 3.8) is 0 Å². The molecule has 14 nitrogen and oxygen atoms in total. The van der Waals surface area contributed by atoms with Crippen LogP contribution in [0.1, 0.15) is 59.7 Å². The van der Waals surface area contributed by atoms with Gasteiger partial charge in [-0.15, -0.1) is 0 Å². The molecule has 9 aromatic rings. The number of likely N-dealkylation sites (N-methyl/N-ethyl adjacent to an activating group) is 2. The van der Waals surface area contributed by atoms with Crippen molar-refractivity contribution in [1.82, 2.24) is 45.0 Å². The van der Waals surface area contributed by atoms with Crippen molar-refractivity contribution >= 4 is 71.9 Å². The molecule has 3 aliphatic rings. The summed E-state index contributed by atoms with van der Waals surface area (Å²) in [4.78, 5) is 15.3. The summed E-state index contributed by atoms with van der Waals surface area (Å²) in [5.41, 5.74) is 29.8. The molecule has 0 saturated carbocycles. The lowest BCUT2D eigenvalue weighted by Crippen LogP contribution is -2.41. The minimum absolute atomic E-state index is 0.300. The fourth-order valence-electron chi connectivity index (χ4n) is 10.8. The first-order valence-electron chi connectivity index (χ1n) is 23.1. The Kier molecular flexibility index (Phi) is 9.56. The van der Waals surface area contributed by atoms with Crippen LogP contribution in [-0.4, -0.2) is 109 Å². The Balaban J connectivity index is 0.885. The first-order chi connectivity index (χ1) is 31.8. The lowest BCUT2D eigenvalue weighted by Gasteiger charge is -2.33. The van der Waals surface area contributed by atoms with Gasteiger partial charge >= 0.3 is 0 Å². The second kappa shape index (κ2) is 15.7. The average molecular weight is 865 g/mol. The molecule has 14 heteroatoms. The molecule has 1 aliphatic heterocycles. The Hall–Kier alpha value is -6.90. The molecule has 5 aromatic heterocycles. The molecule has 1 fully saturated rings. The quantitative estimate of drug-likeness (QED) is 0.0519. The number of pyridine rings is 2. The van der Waals surface area contributed by atoms with Gasteiger partial charge in [-0.1, -0.05) is 12.1 Å². The molecule has 12 rings (SSSR count). The number of hydrogen-bond donors (Lipinski definition) is 4. The molecule has 4 aromatic carbocycles. The normalized spacial score (nSPS) is 17.2. The second-order valence-corrected chi connectivity index (χ2v) is 18.5. The van der Waals surface area contributed by atoms with Crippen molar-refractivity contribution < 1.29 is 9.31 Å². The highest BCUT2D eigenvalue weighted by Crippen LogP contribution is 2.42. The zero-order valence-electron chi connectivity index (χ0n) is 37.3. The van der Waals surface area contributed by atoms with Crippen LogP contribution in [-0.2, 0) is 30.4 Å². The highest BCUT2D eigenvalue weighted by atomic mass is 16.5. The molecule has 6 heterocycles. The lowest BCUT2D eigenvalue weighted by molar-refractivity contribution is -0.497. The Morgan fingerprint density at radius 1 is 0.785 bits per heavy atom. The fourth-order valence-corrected chi connectivity index (χ4v) is 10.8. The van der Waals surface area contributed by atoms with Crippen LogP contribution in [0.2, 0.25) is 0 Å². The van der Waals surface area contributed by atoms with E-state index in [1.54, 1.807) is 0 Å². The Morgan fingerprint density at radius 2 is 1.45 bits per heavy atom. The number of aromatic nitrogens is 8. The third kappa shape index (κ3) is 6.68. The summed E-state index contributed by atoms with van der Waals surface area (Å²) >= 11 is 0. The summed E-state index contributed by atoms with van der Waals surface area (Å²) in [6, 6.07) is 21.3. The zero-order chi connectivity index (χ0) is 43.9. The van der Waals surface area contributed by atoms with Gasteiger partial charge in [0.15, 0.2) is 12.0 Å². The largest absolute Gasteiger partial charge is 0.398 e. The molecule has 0 radical (unpaired) electrons. The van der Waals surface area contributed by atoms with Crippen LogP contribution < -0.4 is 16.4 Å². The van der Waals surface area contributed by atoms with Crippen LogP contribution in [0, 0.1) is 0 Å². The number of nitrogen functional groups attached to an aromatic ring is 1. The van der Waals surface area contributed by atoms with Gasteiger partial charge in [0, 0.05) is 57.6 Å². The number of morpholine rings is 1. The van der Waals surface area contributed by atoms with Gasteiger partial charge in [-0.3, -0.25) is 20.5 Å². The maximum Gasteiger partial charge on any atom is 0.277 e. The molecule has 0 amide bonds. The number of aryl methyl sites for hydroxylation is 2. The van der Waals surface area contributed by atoms with Gasteiger partial charge in [-0.2, -0.15) is 15.3 Å². The third-order valence-electron chi connectivity index (χ3n) is 14.2. The van der Waals surface area contributed by atoms with Crippen molar-refractivity contribution in [2.24, 2.45) is 5.73 Å². The Morgan fingerprint density at radius 3 is 2.22 bits per heavy atom. The molecule has 1 unspecified atom stereocenters. The third-order valence-corrected chi connectivity index (χ3v) is 14.2. The van der Waals surface area contributed by atoms with Crippen molar-refractivity contribution in [3.8, 4) is 22.5 Å². The number of H-pyrrole nitrogens is 2. The molecule has 1 saturated heterocycles. The summed E-state index contributed by atoms with van der Waals surface area (Å²) in [6.45, 7) is 3.56. The van der Waals surface area contributed by atoms with E-state index in [9.17, 15) is 0 Å². The van der Waals surface area contributed by atoms with E-state index in [2.05, 4.69) is 105 Å². The standard InChI is InChI=1S/C51H53N13O/c1-61(2)20-21-62(3)50(53)46-37(52)14-17-40-44(46)33-8-4-6-10-35(33)49(55-40)30-13-16-39-32(25-30)27-64(60-39)43-28-63(22-23-65-43)51-47-42(58-59-51)19-18-41-45(47)34-9-5-7-11-36(34)48(56-41)29-12-15-38-31(24-29)26-54-57-38/h12-19,24-27,43H,4-11,20-23,28H2,1-3H3,(H5,52,53,54,55,56,57,58,59)/p+1. The Bertz CT molecular complexity index is 3390. The van der Waals surface area contributed by atoms with Gasteiger partial charge in [-0.25, -0.2) is 14.6 Å². The van der Waals surface area contributed by atoms with Gasteiger partial charge in [0.25, 0.3) is 5.84 Å². The van der Waals surface area contributed by atoms with E-state index in [0.717, 1.165) is 154 Å².